The van der Waals surface area contributed by atoms with Crippen molar-refractivity contribution in [2.24, 2.45) is 0 Å². The smallest absolute Gasteiger partial charge is 0.335 e. The Labute approximate surface area is 162 Å². The van der Waals surface area contributed by atoms with E-state index < -0.39 is 5.97 Å². The van der Waals surface area contributed by atoms with Crippen LogP contribution in [0.4, 0.5) is 11.4 Å². The van der Waals surface area contributed by atoms with Gasteiger partial charge in [-0.2, -0.15) is 0 Å². The van der Waals surface area contributed by atoms with Gasteiger partial charge in [-0.15, -0.1) is 0 Å². The quantitative estimate of drug-likeness (QED) is 0.761. The molecule has 0 spiro atoms. The number of benzene rings is 2. The maximum absolute atomic E-state index is 10.9. The van der Waals surface area contributed by atoms with Crippen LogP contribution in [0, 0.1) is 0 Å². The van der Waals surface area contributed by atoms with Crippen molar-refractivity contribution in [1.29, 1.82) is 0 Å². The lowest BCUT2D eigenvalue weighted by Gasteiger charge is -2.42. The van der Waals surface area contributed by atoms with Crippen LogP contribution in [-0.2, 0) is 11.8 Å². The van der Waals surface area contributed by atoms with Gasteiger partial charge in [0.05, 0.1) is 5.56 Å². The topological polar surface area (TPSA) is 52.6 Å². The zero-order chi connectivity index (χ0) is 19.6. The largest absolute Gasteiger partial charge is 0.478 e. The van der Waals surface area contributed by atoms with E-state index in [2.05, 4.69) is 56.1 Å². The molecule has 0 amide bonds. The summed E-state index contributed by atoms with van der Waals surface area (Å²) in [5.74, 6) is -0.895. The standard InChI is InChI=1S/C23H30N2O2/c1-16(2)25-14-12-23(3,4)20-15-17(5-10-21(20)25)11-13-24-19-8-6-18(7-9-19)22(26)27/h5-10,15-16,24H,11-14H2,1-4H3,(H,26,27). The van der Waals surface area contributed by atoms with Crippen molar-refractivity contribution in [3.05, 3.63) is 59.2 Å². The lowest BCUT2D eigenvalue weighted by molar-refractivity contribution is 0.0697. The number of carboxylic acids is 1. The first-order chi connectivity index (χ1) is 12.8. The third-order valence-electron chi connectivity index (χ3n) is 5.58. The molecule has 4 nitrogen and oxygen atoms in total. The molecule has 0 saturated carbocycles. The highest BCUT2D eigenvalue weighted by Gasteiger charge is 2.32. The Morgan fingerprint density at radius 3 is 2.52 bits per heavy atom. The van der Waals surface area contributed by atoms with Gasteiger partial charge >= 0.3 is 5.97 Å². The maximum atomic E-state index is 10.9. The molecule has 1 aliphatic heterocycles. The second kappa shape index (κ2) is 7.63. The van der Waals surface area contributed by atoms with Gasteiger partial charge in [-0.1, -0.05) is 26.0 Å². The van der Waals surface area contributed by atoms with E-state index in [1.807, 2.05) is 12.1 Å². The van der Waals surface area contributed by atoms with Crippen LogP contribution >= 0.6 is 0 Å². The number of carbonyl (C=O) groups is 1. The van der Waals surface area contributed by atoms with Gasteiger partial charge in [-0.3, -0.25) is 0 Å². The van der Waals surface area contributed by atoms with Crippen LogP contribution in [0.25, 0.3) is 0 Å². The second-order valence-corrected chi connectivity index (χ2v) is 8.33. The highest BCUT2D eigenvalue weighted by molar-refractivity contribution is 5.88. The van der Waals surface area contributed by atoms with E-state index in [9.17, 15) is 4.79 Å². The molecule has 0 atom stereocenters. The van der Waals surface area contributed by atoms with E-state index >= 15 is 0 Å². The van der Waals surface area contributed by atoms with Crippen LogP contribution in [-0.4, -0.2) is 30.2 Å². The average Bonchev–Trinajstić information content (AvgIpc) is 2.62. The maximum Gasteiger partial charge on any atom is 0.335 e. The Bertz CT molecular complexity index is 810. The highest BCUT2D eigenvalue weighted by atomic mass is 16.4. The summed E-state index contributed by atoms with van der Waals surface area (Å²) in [7, 11) is 0. The molecule has 0 fully saturated rings. The molecule has 0 unspecified atom stereocenters. The Balaban J connectivity index is 1.68. The molecule has 0 bridgehead atoms. The van der Waals surface area contributed by atoms with Crippen molar-refractivity contribution < 1.29 is 9.90 Å². The summed E-state index contributed by atoms with van der Waals surface area (Å²) in [6.07, 6.45) is 2.11. The fourth-order valence-electron chi connectivity index (χ4n) is 3.80. The van der Waals surface area contributed by atoms with Gasteiger partial charge in [0.1, 0.15) is 0 Å². The van der Waals surface area contributed by atoms with E-state index in [1.165, 1.54) is 23.2 Å². The van der Waals surface area contributed by atoms with Crippen molar-refractivity contribution in [3.8, 4) is 0 Å². The van der Waals surface area contributed by atoms with E-state index in [4.69, 9.17) is 5.11 Å². The van der Waals surface area contributed by atoms with Crippen molar-refractivity contribution in [3.63, 3.8) is 0 Å². The molecule has 2 aromatic rings. The van der Waals surface area contributed by atoms with Crippen LogP contribution in [0.3, 0.4) is 0 Å². The molecule has 0 aliphatic carbocycles. The summed E-state index contributed by atoms with van der Waals surface area (Å²) in [6, 6.07) is 14.3. The number of carboxylic acid groups (broad SMARTS) is 1. The number of nitrogens with zero attached hydrogens (tertiary/aromatic N) is 1. The fourth-order valence-corrected chi connectivity index (χ4v) is 3.80. The van der Waals surface area contributed by atoms with Gasteiger partial charge in [-0.25, -0.2) is 4.79 Å². The zero-order valence-corrected chi connectivity index (χ0v) is 16.7. The molecule has 1 aliphatic rings. The summed E-state index contributed by atoms with van der Waals surface area (Å²) in [4.78, 5) is 13.4. The molecule has 0 aromatic heterocycles. The van der Waals surface area contributed by atoms with Crippen molar-refractivity contribution >= 4 is 17.3 Å². The van der Waals surface area contributed by atoms with Crippen molar-refractivity contribution in [2.75, 3.05) is 23.3 Å². The molecule has 0 saturated heterocycles. The van der Waals surface area contributed by atoms with Crippen LogP contribution < -0.4 is 10.2 Å². The number of anilines is 2. The molecule has 144 valence electrons. The second-order valence-electron chi connectivity index (χ2n) is 8.33. The van der Waals surface area contributed by atoms with Gasteiger partial charge in [0.25, 0.3) is 0 Å². The molecule has 2 N–H and O–H groups in total. The van der Waals surface area contributed by atoms with Gasteiger partial charge < -0.3 is 15.3 Å². The molecule has 3 rings (SSSR count). The minimum Gasteiger partial charge on any atom is -0.478 e. The summed E-state index contributed by atoms with van der Waals surface area (Å²) >= 11 is 0. The van der Waals surface area contributed by atoms with Crippen LogP contribution in [0.2, 0.25) is 0 Å². The van der Waals surface area contributed by atoms with Gasteiger partial charge in [0.15, 0.2) is 0 Å². The van der Waals surface area contributed by atoms with E-state index in [-0.39, 0.29) is 5.41 Å². The Kier molecular flexibility index (Phi) is 5.45. The molecular weight excluding hydrogens is 336 g/mol. The average molecular weight is 367 g/mol. The van der Waals surface area contributed by atoms with E-state index in [0.29, 0.717) is 11.6 Å². The minimum atomic E-state index is -0.895. The minimum absolute atomic E-state index is 0.205. The first-order valence-electron chi connectivity index (χ1n) is 9.75. The Morgan fingerprint density at radius 1 is 1.19 bits per heavy atom. The third kappa shape index (κ3) is 4.26. The molecular formula is C23H30N2O2. The fraction of sp³-hybridized carbons (Fsp3) is 0.435. The van der Waals surface area contributed by atoms with E-state index in [0.717, 1.165) is 25.2 Å². The lowest BCUT2D eigenvalue weighted by atomic mass is 9.76. The normalized spacial score (nSPS) is 15.5. The predicted octanol–water partition coefficient (Wildman–Crippen LogP) is 4.94. The molecule has 0 radical (unpaired) electrons. The number of rotatable bonds is 6. The number of aromatic carboxylic acids is 1. The number of nitrogens with one attached hydrogen (secondary N) is 1. The summed E-state index contributed by atoms with van der Waals surface area (Å²) in [6.45, 7) is 11.1. The lowest BCUT2D eigenvalue weighted by Crippen LogP contribution is -2.41. The number of hydrogen-bond acceptors (Lipinski definition) is 3. The van der Waals surface area contributed by atoms with Gasteiger partial charge in [0, 0.05) is 30.5 Å². The van der Waals surface area contributed by atoms with Crippen LogP contribution in [0.15, 0.2) is 42.5 Å². The first-order valence-corrected chi connectivity index (χ1v) is 9.75. The molecule has 4 heteroatoms. The molecule has 27 heavy (non-hydrogen) atoms. The number of fused-ring (bicyclic) bond motifs is 1. The van der Waals surface area contributed by atoms with Crippen molar-refractivity contribution in [2.45, 2.75) is 52.0 Å². The van der Waals surface area contributed by atoms with Crippen LogP contribution in [0.5, 0.6) is 0 Å². The monoisotopic (exact) mass is 366 g/mol. The summed E-state index contributed by atoms with van der Waals surface area (Å²) in [5, 5.41) is 12.4. The third-order valence-corrected chi connectivity index (χ3v) is 5.58. The van der Waals surface area contributed by atoms with Crippen molar-refractivity contribution in [1.82, 2.24) is 0 Å². The van der Waals surface area contributed by atoms with Gasteiger partial charge in [0.2, 0.25) is 0 Å². The molecule has 1 heterocycles. The van der Waals surface area contributed by atoms with Gasteiger partial charge in [-0.05, 0) is 73.6 Å². The number of hydrogen-bond donors (Lipinski definition) is 2. The Hall–Kier alpha value is -2.49. The first kappa shape index (κ1) is 19.3. The molecule has 2 aromatic carbocycles. The summed E-state index contributed by atoms with van der Waals surface area (Å²) in [5.41, 5.74) is 5.63. The Morgan fingerprint density at radius 2 is 1.89 bits per heavy atom. The van der Waals surface area contributed by atoms with E-state index in [1.54, 1.807) is 12.1 Å². The van der Waals surface area contributed by atoms with Crippen LogP contribution in [0.1, 0.15) is 55.6 Å². The predicted molar refractivity (Wildman–Crippen MR) is 112 cm³/mol. The zero-order valence-electron chi connectivity index (χ0n) is 16.7. The summed E-state index contributed by atoms with van der Waals surface area (Å²) < 4.78 is 0. The SMILES string of the molecule is CC(C)N1CCC(C)(C)c2cc(CCNc3ccc(C(=O)O)cc3)ccc21. The highest BCUT2D eigenvalue weighted by Crippen LogP contribution is 2.40.